The molecule has 1 aromatic heterocycles. The van der Waals surface area contributed by atoms with Gasteiger partial charge in [0.15, 0.2) is 0 Å². The fourth-order valence-corrected chi connectivity index (χ4v) is 2.90. The molecule has 3 N–H and O–H groups in total. The first-order valence-electron chi connectivity index (χ1n) is 7.73. The van der Waals surface area contributed by atoms with Gasteiger partial charge in [0.2, 0.25) is 0 Å². The van der Waals surface area contributed by atoms with E-state index in [4.69, 9.17) is 16.1 Å². The molecule has 2 fully saturated rings. The van der Waals surface area contributed by atoms with Gasteiger partial charge in [-0.3, -0.25) is 5.41 Å². The quantitative estimate of drug-likeness (QED) is 0.653. The first-order valence-corrected chi connectivity index (χ1v) is 7.73. The third-order valence-corrected chi connectivity index (χ3v) is 4.41. The third kappa shape index (κ3) is 2.46. The highest BCUT2D eigenvalue weighted by Gasteiger charge is 2.35. The second-order valence-corrected chi connectivity index (χ2v) is 6.29. The number of fused-ring (bicyclic) bond motifs is 1. The molecule has 0 aliphatic heterocycles. The minimum absolute atomic E-state index is 0.115. The van der Waals surface area contributed by atoms with Gasteiger partial charge < -0.3 is 10.6 Å². The highest BCUT2D eigenvalue weighted by molar-refractivity contribution is 6.03. The Morgan fingerprint density at radius 2 is 2.00 bits per heavy atom. The van der Waals surface area contributed by atoms with Crippen LogP contribution < -0.4 is 10.6 Å². The molecule has 4 heteroatoms. The molecule has 1 heterocycles. The number of nitrogen functional groups attached to an aromatic ring is 1. The molecule has 1 aromatic carbocycles. The number of pyridine rings is 1. The molecule has 4 rings (SSSR count). The summed E-state index contributed by atoms with van der Waals surface area (Å²) in [4.78, 5) is 7.25. The number of benzene rings is 1. The Labute approximate surface area is 124 Å². The van der Waals surface area contributed by atoms with Crippen molar-refractivity contribution in [3.63, 3.8) is 0 Å². The van der Waals surface area contributed by atoms with Crippen molar-refractivity contribution in [1.29, 1.82) is 5.41 Å². The van der Waals surface area contributed by atoms with E-state index in [0.717, 1.165) is 34.7 Å². The van der Waals surface area contributed by atoms with Crippen LogP contribution in [0.3, 0.4) is 0 Å². The van der Waals surface area contributed by atoms with Crippen LogP contribution in [0.2, 0.25) is 0 Å². The molecule has 4 nitrogen and oxygen atoms in total. The van der Waals surface area contributed by atoms with Gasteiger partial charge in [-0.25, -0.2) is 4.98 Å². The Kier molecular flexibility index (Phi) is 2.84. The van der Waals surface area contributed by atoms with Crippen molar-refractivity contribution in [2.75, 3.05) is 11.4 Å². The zero-order chi connectivity index (χ0) is 14.4. The Balaban J connectivity index is 1.83. The van der Waals surface area contributed by atoms with Crippen LogP contribution in [-0.2, 0) is 0 Å². The van der Waals surface area contributed by atoms with Crippen molar-refractivity contribution >= 4 is 22.6 Å². The lowest BCUT2D eigenvalue weighted by Gasteiger charge is -2.26. The number of anilines is 1. The molecule has 21 heavy (non-hydrogen) atoms. The summed E-state index contributed by atoms with van der Waals surface area (Å²) in [7, 11) is 0. The number of hydrogen-bond acceptors (Lipinski definition) is 3. The Morgan fingerprint density at radius 3 is 2.67 bits per heavy atom. The number of aromatic nitrogens is 1. The lowest BCUT2D eigenvalue weighted by atomic mass is 10.1. The van der Waals surface area contributed by atoms with Crippen LogP contribution in [0, 0.1) is 11.3 Å². The van der Waals surface area contributed by atoms with Crippen molar-refractivity contribution in [3.8, 4) is 0 Å². The van der Waals surface area contributed by atoms with Crippen LogP contribution in [0.25, 0.3) is 10.9 Å². The van der Waals surface area contributed by atoms with E-state index in [0.29, 0.717) is 6.04 Å². The number of rotatable bonds is 5. The normalized spacial score (nSPS) is 17.9. The predicted molar refractivity (Wildman–Crippen MR) is 85.9 cm³/mol. The number of nitrogens with zero attached hydrogens (tertiary/aromatic N) is 2. The molecular weight excluding hydrogens is 260 g/mol. The van der Waals surface area contributed by atoms with E-state index in [1.165, 1.54) is 25.7 Å². The van der Waals surface area contributed by atoms with Gasteiger partial charge in [-0.2, -0.15) is 0 Å². The Bertz CT molecular complexity index is 701. The van der Waals surface area contributed by atoms with Gasteiger partial charge in [-0.05, 0) is 43.7 Å². The number of hydrogen-bond donors (Lipinski definition) is 2. The molecule has 0 amide bonds. The first-order chi connectivity index (χ1) is 10.2. The van der Waals surface area contributed by atoms with Crippen LogP contribution in [-0.4, -0.2) is 23.4 Å². The van der Waals surface area contributed by atoms with E-state index in [9.17, 15) is 0 Å². The fourth-order valence-electron chi connectivity index (χ4n) is 2.90. The number of amidine groups is 1. The SMILES string of the molecule is N=C(N)c1cc2ccccc2nc1N(CC1CC1)C1CC1. The van der Waals surface area contributed by atoms with Gasteiger partial charge in [0, 0.05) is 18.0 Å². The summed E-state index contributed by atoms with van der Waals surface area (Å²) in [5, 5.41) is 8.97. The highest BCUT2D eigenvalue weighted by atomic mass is 15.2. The fraction of sp³-hybridized carbons (Fsp3) is 0.412. The molecule has 2 aliphatic carbocycles. The minimum atomic E-state index is 0.115. The molecule has 0 bridgehead atoms. The molecule has 0 spiro atoms. The molecular formula is C17H20N4. The lowest BCUT2D eigenvalue weighted by molar-refractivity contribution is 0.710. The van der Waals surface area contributed by atoms with Crippen LogP contribution in [0.5, 0.6) is 0 Å². The summed E-state index contributed by atoms with van der Waals surface area (Å²) in [6, 6.07) is 10.7. The van der Waals surface area contributed by atoms with Gasteiger partial charge >= 0.3 is 0 Å². The average Bonchev–Trinajstić information content (AvgIpc) is 3.36. The minimum Gasteiger partial charge on any atom is -0.384 e. The summed E-state index contributed by atoms with van der Waals surface area (Å²) >= 11 is 0. The summed E-state index contributed by atoms with van der Waals surface area (Å²) in [5.74, 6) is 1.83. The summed E-state index contributed by atoms with van der Waals surface area (Å²) in [6.45, 7) is 1.07. The topological polar surface area (TPSA) is 66.0 Å². The zero-order valence-corrected chi connectivity index (χ0v) is 12.0. The maximum atomic E-state index is 7.92. The molecule has 108 valence electrons. The highest BCUT2D eigenvalue weighted by Crippen LogP contribution is 2.38. The number of para-hydroxylation sites is 1. The smallest absolute Gasteiger partial charge is 0.140 e. The molecule has 0 saturated heterocycles. The summed E-state index contributed by atoms with van der Waals surface area (Å²) < 4.78 is 0. The molecule has 0 atom stereocenters. The second kappa shape index (κ2) is 4.72. The maximum Gasteiger partial charge on any atom is 0.140 e. The largest absolute Gasteiger partial charge is 0.384 e. The van der Waals surface area contributed by atoms with Gasteiger partial charge in [0.1, 0.15) is 11.7 Å². The molecule has 2 saturated carbocycles. The molecule has 2 aromatic rings. The van der Waals surface area contributed by atoms with Crippen LogP contribution in [0.15, 0.2) is 30.3 Å². The van der Waals surface area contributed by atoms with Gasteiger partial charge in [-0.1, -0.05) is 18.2 Å². The van der Waals surface area contributed by atoms with Crippen LogP contribution >= 0.6 is 0 Å². The molecule has 0 radical (unpaired) electrons. The van der Waals surface area contributed by atoms with Crippen molar-refractivity contribution in [3.05, 3.63) is 35.9 Å². The van der Waals surface area contributed by atoms with E-state index < -0.39 is 0 Å². The Morgan fingerprint density at radius 1 is 1.24 bits per heavy atom. The van der Waals surface area contributed by atoms with Crippen molar-refractivity contribution in [1.82, 2.24) is 4.98 Å². The number of nitrogens with two attached hydrogens (primary N) is 1. The van der Waals surface area contributed by atoms with E-state index in [1.54, 1.807) is 0 Å². The predicted octanol–water partition coefficient (Wildman–Crippen LogP) is 2.90. The van der Waals surface area contributed by atoms with Crippen molar-refractivity contribution in [2.45, 2.75) is 31.7 Å². The van der Waals surface area contributed by atoms with Gasteiger partial charge in [-0.15, -0.1) is 0 Å². The zero-order valence-electron chi connectivity index (χ0n) is 12.0. The molecule has 0 unspecified atom stereocenters. The summed E-state index contributed by atoms with van der Waals surface area (Å²) in [6.07, 6.45) is 5.12. The standard InChI is InChI=1S/C17H20N4/c18-16(19)14-9-12-3-1-2-4-15(12)20-17(14)21(13-7-8-13)10-11-5-6-11/h1-4,9,11,13H,5-8,10H2,(H3,18,19). The van der Waals surface area contributed by atoms with E-state index >= 15 is 0 Å². The molecule has 2 aliphatic rings. The van der Waals surface area contributed by atoms with Gasteiger partial charge in [0.05, 0.1) is 11.1 Å². The van der Waals surface area contributed by atoms with E-state index in [2.05, 4.69) is 4.90 Å². The van der Waals surface area contributed by atoms with E-state index in [-0.39, 0.29) is 5.84 Å². The van der Waals surface area contributed by atoms with Crippen molar-refractivity contribution < 1.29 is 0 Å². The number of nitrogens with one attached hydrogen (secondary N) is 1. The Hall–Kier alpha value is -2.10. The first kappa shape index (κ1) is 12.6. The third-order valence-electron chi connectivity index (χ3n) is 4.41. The van der Waals surface area contributed by atoms with E-state index in [1.807, 2.05) is 30.3 Å². The second-order valence-electron chi connectivity index (χ2n) is 6.29. The van der Waals surface area contributed by atoms with Crippen LogP contribution in [0.4, 0.5) is 5.82 Å². The van der Waals surface area contributed by atoms with Crippen LogP contribution in [0.1, 0.15) is 31.2 Å². The monoisotopic (exact) mass is 280 g/mol. The van der Waals surface area contributed by atoms with Gasteiger partial charge in [0.25, 0.3) is 0 Å². The van der Waals surface area contributed by atoms with Crippen molar-refractivity contribution in [2.24, 2.45) is 11.7 Å². The lowest BCUT2D eigenvalue weighted by Crippen LogP contribution is -2.31. The maximum absolute atomic E-state index is 7.92. The summed E-state index contributed by atoms with van der Waals surface area (Å²) in [5.41, 5.74) is 7.59. The average molecular weight is 280 g/mol.